The van der Waals surface area contributed by atoms with E-state index in [4.69, 9.17) is 0 Å². The first kappa shape index (κ1) is 15.0. The molecule has 1 rings (SSSR count). The Kier molecular flexibility index (Phi) is 7.14. The standard InChI is InChI=1S/C15H32N2/c1-13(2)17(4)11-6-5-10-16-14(3)12-15-8-7-9-15/h13-16H,5-12H2,1-4H3. The Morgan fingerprint density at radius 3 is 2.41 bits per heavy atom. The highest BCUT2D eigenvalue weighted by Crippen LogP contribution is 2.30. The minimum absolute atomic E-state index is 0.681. The molecule has 1 unspecified atom stereocenters. The van der Waals surface area contributed by atoms with Gasteiger partial charge in [-0.25, -0.2) is 0 Å². The van der Waals surface area contributed by atoms with Crippen molar-refractivity contribution in [1.82, 2.24) is 10.2 Å². The van der Waals surface area contributed by atoms with E-state index in [1.807, 2.05) is 0 Å². The summed E-state index contributed by atoms with van der Waals surface area (Å²) < 4.78 is 0. The van der Waals surface area contributed by atoms with E-state index in [1.54, 1.807) is 0 Å². The molecule has 1 N–H and O–H groups in total. The molecule has 17 heavy (non-hydrogen) atoms. The molecule has 0 spiro atoms. The van der Waals surface area contributed by atoms with E-state index in [0.29, 0.717) is 6.04 Å². The Morgan fingerprint density at radius 1 is 1.18 bits per heavy atom. The molecule has 0 amide bonds. The number of unbranched alkanes of at least 4 members (excludes halogenated alkanes) is 1. The first-order chi connectivity index (χ1) is 8.09. The normalized spacial score (nSPS) is 18.7. The number of hydrogen-bond donors (Lipinski definition) is 1. The van der Waals surface area contributed by atoms with E-state index in [0.717, 1.165) is 12.0 Å². The average Bonchev–Trinajstić information content (AvgIpc) is 2.22. The highest BCUT2D eigenvalue weighted by molar-refractivity contribution is 4.74. The van der Waals surface area contributed by atoms with Crippen LogP contribution in [0.4, 0.5) is 0 Å². The topological polar surface area (TPSA) is 15.3 Å². The number of hydrogen-bond acceptors (Lipinski definition) is 2. The van der Waals surface area contributed by atoms with Gasteiger partial charge in [0.1, 0.15) is 0 Å². The smallest absolute Gasteiger partial charge is 0.00413 e. The van der Waals surface area contributed by atoms with Gasteiger partial charge in [-0.2, -0.15) is 0 Å². The molecule has 2 nitrogen and oxygen atoms in total. The van der Waals surface area contributed by atoms with Crippen molar-refractivity contribution < 1.29 is 0 Å². The van der Waals surface area contributed by atoms with E-state index in [2.05, 4.69) is 38.0 Å². The van der Waals surface area contributed by atoms with Gasteiger partial charge < -0.3 is 10.2 Å². The van der Waals surface area contributed by atoms with Crippen LogP contribution in [-0.4, -0.2) is 37.1 Å². The lowest BCUT2D eigenvalue weighted by Gasteiger charge is -2.28. The third-order valence-corrected chi connectivity index (χ3v) is 4.22. The highest BCUT2D eigenvalue weighted by Gasteiger charge is 2.19. The molecular formula is C15H32N2. The summed E-state index contributed by atoms with van der Waals surface area (Å²) in [6.07, 6.45) is 8.45. The number of nitrogens with zero attached hydrogens (tertiary/aromatic N) is 1. The van der Waals surface area contributed by atoms with Gasteiger partial charge in [0, 0.05) is 12.1 Å². The second-order valence-electron chi connectivity index (χ2n) is 6.17. The molecule has 102 valence electrons. The van der Waals surface area contributed by atoms with Gasteiger partial charge in [-0.3, -0.25) is 0 Å². The second kappa shape index (κ2) is 8.10. The summed E-state index contributed by atoms with van der Waals surface area (Å²) in [6.45, 7) is 9.30. The molecule has 2 heteroatoms. The van der Waals surface area contributed by atoms with E-state index in [-0.39, 0.29) is 0 Å². The monoisotopic (exact) mass is 240 g/mol. The van der Waals surface area contributed by atoms with Crippen LogP contribution < -0.4 is 5.32 Å². The van der Waals surface area contributed by atoms with Crippen LogP contribution in [0, 0.1) is 5.92 Å². The van der Waals surface area contributed by atoms with E-state index < -0.39 is 0 Å². The Bertz CT molecular complexity index is 187. The quantitative estimate of drug-likeness (QED) is 0.622. The van der Waals surface area contributed by atoms with Gasteiger partial charge in [-0.1, -0.05) is 19.3 Å². The Labute approximate surface area is 108 Å². The largest absolute Gasteiger partial charge is 0.314 e. The lowest BCUT2D eigenvalue weighted by Crippen LogP contribution is -2.32. The van der Waals surface area contributed by atoms with Crippen molar-refractivity contribution in [3.8, 4) is 0 Å². The fourth-order valence-corrected chi connectivity index (χ4v) is 2.40. The minimum Gasteiger partial charge on any atom is -0.314 e. The molecule has 1 aliphatic rings. The van der Waals surface area contributed by atoms with Gasteiger partial charge in [-0.15, -0.1) is 0 Å². The van der Waals surface area contributed by atoms with Gasteiger partial charge in [0.2, 0.25) is 0 Å². The third-order valence-electron chi connectivity index (χ3n) is 4.22. The fraction of sp³-hybridized carbons (Fsp3) is 1.00. The van der Waals surface area contributed by atoms with Crippen LogP contribution in [0.5, 0.6) is 0 Å². The minimum atomic E-state index is 0.681. The van der Waals surface area contributed by atoms with Crippen molar-refractivity contribution in [2.75, 3.05) is 20.1 Å². The van der Waals surface area contributed by atoms with Crippen LogP contribution in [0.3, 0.4) is 0 Å². The number of rotatable bonds is 9. The van der Waals surface area contributed by atoms with Crippen molar-refractivity contribution in [2.45, 2.75) is 71.4 Å². The Morgan fingerprint density at radius 2 is 1.88 bits per heavy atom. The maximum Gasteiger partial charge on any atom is 0.00413 e. The van der Waals surface area contributed by atoms with E-state index in [9.17, 15) is 0 Å². The van der Waals surface area contributed by atoms with Crippen molar-refractivity contribution >= 4 is 0 Å². The zero-order chi connectivity index (χ0) is 12.7. The molecule has 0 heterocycles. The van der Waals surface area contributed by atoms with Gasteiger partial charge in [-0.05, 0) is 66.1 Å². The molecule has 0 radical (unpaired) electrons. The zero-order valence-electron chi connectivity index (χ0n) is 12.3. The predicted octanol–water partition coefficient (Wildman–Crippen LogP) is 3.28. The lowest BCUT2D eigenvalue weighted by molar-refractivity contribution is 0.258. The number of nitrogens with one attached hydrogen (secondary N) is 1. The first-order valence-electron chi connectivity index (χ1n) is 7.53. The molecule has 1 aliphatic carbocycles. The predicted molar refractivity (Wildman–Crippen MR) is 76.4 cm³/mol. The molecule has 0 aromatic carbocycles. The van der Waals surface area contributed by atoms with Crippen molar-refractivity contribution in [2.24, 2.45) is 5.92 Å². The van der Waals surface area contributed by atoms with E-state index >= 15 is 0 Å². The summed E-state index contributed by atoms with van der Waals surface area (Å²) in [5, 5.41) is 3.67. The highest BCUT2D eigenvalue weighted by atomic mass is 15.1. The first-order valence-corrected chi connectivity index (χ1v) is 7.53. The maximum atomic E-state index is 3.67. The molecule has 1 atom stereocenters. The Hall–Kier alpha value is -0.0800. The van der Waals surface area contributed by atoms with Gasteiger partial charge in [0.05, 0.1) is 0 Å². The second-order valence-corrected chi connectivity index (χ2v) is 6.17. The summed E-state index contributed by atoms with van der Waals surface area (Å²) in [6, 6.07) is 1.41. The zero-order valence-corrected chi connectivity index (χ0v) is 12.3. The maximum absolute atomic E-state index is 3.67. The fourth-order valence-electron chi connectivity index (χ4n) is 2.40. The summed E-state index contributed by atoms with van der Waals surface area (Å²) in [5.74, 6) is 1.03. The molecule has 0 saturated heterocycles. The van der Waals surface area contributed by atoms with Crippen LogP contribution in [0.25, 0.3) is 0 Å². The van der Waals surface area contributed by atoms with Crippen LogP contribution in [-0.2, 0) is 0 Å². The summed E-state index contributed by atoms with van der Waals surface area (Å²) in [7, 11) is 2.22. The van der Waals surface area contributed by atoms with Gasteiger partial charge in [0.25, 0.3) is 0 Å². The molecule has 0 aromatic rings. The van der Waals surface area contributed by atoms with Crippen LogP contribution >= 0.6 is 0 Å². The van der Waals surface area contributed by atoms with Crippen LogP contribution in [0.2, 0.25) is 0 Å². The molecule has 1 saturated carbocycles. The molecule has 0 aromatic heterocycles. The molecule has 1 fully saturated rings. The lowest BCUT2D eigenvalue weighted by atomic mass is 9.81. The van der Waals surface area contributed by atoms with Crippen molar-refractivity contribution in [1.29, 1.82) is 0 Å². The van der Waals surface area contributed by atoms with Gasteiger partial charge >= 0.3 is 0 Å². The van der Waals surface area contributed by atoms with Crippen LogP contribution in [0.15, 0.2) is 0 Å². The average molecular weight is 240 g/mol. The summed E-state index contributed by atoms with van der Waals surface area (Å²) in [5.41, 5.74) is 0. The summed E-state index contributed by atoms with van der Waals surface area (Å²) >= 11 is 0. The molecule has 0 bridgehead atoms. The SMILES string of the molecule is CC(CC1CCC1)NCCCCN(C)C(C)C. The summed E-state index contributed by atoms with van der Waals surface area (Å²) in [4.78, 5) is 2.43. The van der Waals surface area contributed by atoms with Gasteiger partial charge in [0.15, 0.2) is 0 Å². The van der Waals surface area contributed by atoms with E-state index in [1.165, 1.54) is 51.6 Å². The Balaban J connectivity index is 1.89. The molecular weight excluding hydrogens is 208 g/mol. The van der Waals surface area contributed by atoms with Crippen molar-refractivity contribution in [3.63, 3.8) is 0 Å². The van der Waals surface area contributed by atoms with Crippen LogP contribution in [0.1, 0.15) is 59.3 Å². The third kappa shape index (κ3) is 6.42. The molecule has 0 aliphatic heterocycles. The van der Waals surface area contributed by atoms with Crippen molar-refractivity contribution in [3.05, 3.63) is 0 Å².